The molecule has 1 aliphatic rings. The maximum atomic E-state index is 13.2. The zero-order chi connectivity index (χ0) is 22.0. The van der Waals surface area contributed by atoms with E-state index in [-0.39, 0.29) is 5.92 Å². The van der Waals surface area contributed by atoms with Crippen molar-refractivity contribution < 1.29 is 22.7 Å². The van der Waals surface area contributed by atoms with E-state index in [1.54, 1.807) is 24.3 Å². The molecule has 1 unspecified atom stereocenters. The zero-order valence-corrected chi connectivity index (χ0v) is 16.7. The Balaban J connectivity index is 0.00000132. The molecule has 0 saturated heterocycles. The molecule has 0 aliphatic heterocycles. The van der Waals surface area contributed by atoms with Gasteiger partial charge >= 0.3 is 6.18 Å². The van der Waals surface area contributed by atoms with Gasteiger partial charge < -0.3 is 9.53 Å². The van der Waals surface area contributed by atoms with Gasteiger partial charge in [0, 0.05) is 11.6 Å². The van der Waals surface area contributed by atoms with Crippen LogP contribution in [0.3, 0.4) is 0 Å². The first-order valence-corrected chi connectivity index (χ1v) is 8.83. The van der Waals surface area contributed by atoms with Crippen LogP contribution in [-0.2, 0) is 4.79 Å². The largest absolute Gasteiger partial charge is 0.497 e. The third-order valence-corrected chi connectivity index (χ3v) is 3.99. The van der Waals surface area contributed by atoms with Gasteiger partial charge in [0.25, 0.3) is 0 Å². The van der Waals surface area contributed by atoms with Crippen molar-refractivity contribution in [1.29, 1.82) is 0 Å². The van der Waals surface area contributed by atoms with Crippen LogP contribution in [-0.4, -0.2) is 25.3 Å². The van der Waals surface area contributed by atoms with Crippen LogP contribution >= 0.6 is 0 Å². The highest BCUT2D eigenvalue weighted by Crippen LogP contribution is 2.31. The molecule has 0 saturated carbocycles. The molecule has 2 rings (SSSR count). The Bertz CT molecular complexity index is 806. The van der Waals surface area contributed by atoms with Gasteiger partial charge in [0.2, 0.25) is 0 Å². The average molecular weight is 406 g/mol. The summed E-state index contributed by atoms with van der Waals surface area (Å²) in [6.07, 6.45) is 3.36. The standard InChI is InChI=1S/C20H21F3N2O.C2H4O/c1-5-19(20(21,22)23)24-25(17-10-12-18(26-4)13-11-17)15(3)16-8-6-14(2)7-9-16;1-2-3/h5-8,10-13,16H,1,3,9H2,2,4H3;2H,1H3/b24-19+;. The molecule has 29 heavy (non-hydrogen) atoms. The number of methoxy groups -OCH3 is 1. The van der Waals surface area contributed by atoms with Crippen LogP contribution in [0.2, 0.25) is 0 Å². The number of halogens is 3. The lowest BCUT2D eigenvalue weighted by molar-refractivity contribution is -0.106. The molecule has 1 atom stereocenters. The van der Waals surface area contributed by atoms with Gasteiger partial charge in [-0.05, 0) is 50.6 Å². The molecule has 0 heterocycles. The van der Waals surface area contributed by atoms with Crippen LogP contribution in [0.25, 0.3) is 0 Å². The smallest absolute Gasteiger partial charge is 0.435 e. The lowest BCUT2D eigenvalue weighted by atomic mass is 9.94. The van der Waals surface area contributed by atoms with Crippen LogP contribution in [0.5, 0.6) is 5.75 Å². The van der Waals surface area contributed by atoms with Crippen molar-refractivity contribution in [2.75, 3.05) is 12.1 Å². The Morgan fingerprint density at radius 1 is 1.31 bits per heavy atom. The van der Waals surface area contributed by atoms with Crippen molar-refractivity contribution in [3.63, 3.8) is 0 Å². The number of allylic oxidation sites excluding steroid dienone is 5. The van der Waals surface area contributed by atoms with E-state index < -0.39 is 11.9 Å². The van der Waals surface area contributed by atoms with Crippen molar-refractivity contribution >= 4 is 17.7 Å². The minimum absolute atomic E-state index is 0.149. The second-order valence-electron chi connectivity index (χ2n) is 6.07. The molecular weight excluding hydrogens is 381 g/mol. The number of hydrazone groups is 1. The second-order valence-corrected chi connectivity index (χ2v) is 6.07. The first-order chi connectivity index (χ1) is 13.7. The fourth-order valence-electron chi connectivity index (χ4n) is 2.46. The van der Waals surface area contributed by atoms with Gasteiger partial charge in [-0.1, -0.05) is 37.0 Å². The summed E-state index contributed by atoms with van der Waals surface area (Å²) in [4.78, 5) is 8.81. The molecule has 0 aromatic heterocycles. The number of anilines is 1. The molecule has 0 amide bonds. The lowest BCUT2D eigenvalue weighted by Crippen LogP contribution is -2.28. The lowest BCUT2D eigenvalue weighted by Gasteiger charge is -2.28. The van der Waals surface area contributed by atoms with E-state index in [0.717, 1.165) is 11.9 Å². The molecule has 1 aromatic rings. The fraction of sp³-hybridized carbons (Fsp3) is 0.273. The van der Waals surface area contributed by atoms with E-state index in [9.17, 15) is 13.2 Å². The van der Waals surface area contributed by atoms with Gasteiger partial charge in [-0.2, -0.15) is 18.3 Å². The molecule has 0 radical (unpaired) electrons. The number of ether oxygens (including phenoxy) is 1. The normalized spacial score (nSPS) is 16.1. The number of benzene rings is 1. The highest BCUT2D eigenvalue weighted by atomic mass is 19.4. The van der Waals surface area contributed by atoms with E-state index in [1.807, 2.05) is 25.2 Å². The highest BCUT2D eigenvalue weighted by molar-refractivity contribution is 5.99. The van der Waals surface area contributed by atoms with Gasteiger partial charge in [-0.3, -0.25) is 0 Å². The third kappa shape index (κ3) is 7.10. The summed E-state index contributed by atoms with van der Waals surface area (Å²) < 4.78 is 44.6. The Hall–Kier alpha value is -3.09. The minimum Gasteiger partial charge on any atom is -0.497 e. The molecule has 0 fully saturated rings. The Morgan fingerprint density at radius 3 is 2.31 bits per heavy atom. The van der Waals surface area contributed by atoms with Gasteiger partial charge in [0.1, 0.15) is 12.0 Å². The summed E-state index contributed by atoms with van der Waals surface area (Å²) in [7, 11) is 1.52. The average Bonchev–Trinajstić information content (AvgIpc) is 2.69. The number of aldehydes is 1. The number of carbonyl (C=O) groups excluding carboxylic acids is 1. The molecule has 1 aromatic carbocycles. The third-order valence-electron chi connectivity index (χ3n) is 3.99. The van der Waals surface area contributed by atoms with Crippen LogP contribution in [0, 0.1) is 5.92 Å². The van der Waals surface area contributed by atoms with Crippen molar-refractivity contribution in [3.05, 3.63) is 73.0 Å². The van der Waals surface area contributed by atoms with E-state index >= 15 is 0 Å². The summed E-state index contributed by atoms with van der Waals surface area (Å²) >= 11 is 0. The van der Waals surface area contributed by atoms with E-state index in [2.05, 4.69) is 18.3 Å². The molecule has 4 nitrogen and oxygen atoms in total. The minimum atomic E-state index is -4.61. The van der Waals surface area contributed by atoms with Gasteiger partial charge in [0.05, 0.1) is 12.8 Å². The van der Waals surface area contributed by atoms with Crippen molar-refractivity contribution in [2.45, 2.75) is 26.4 Å². The van der Waals surface area contributed by atoms with Crippen molar-refractivity contribution in [1.82, 2.24) is 0 Å². The molecule has 0 bridgehead atoms. The number of hydrogen-bond acceptors (Lipinski definition) is 4. The summed E-state index contributed by atoms with van der Waals surface area (Å²) in [5, 5.41) is 5.01. The fourth-order valence-corrected chi connectivity index (χ4v) is 2.46. The maximum Gasteiger partial charge on any atom is 0.435 e. The predicted molar refractivity (Wildman–Crippen MR) is 111 cm³/mol. The van der Waals surface area contributed by atoms with Gasteiger partial charge in [-0.25, -0.2) is 5.01 Å². The maximum absolute atomic E-state index is 13.2. The number of carbonyl (C=O) groups is 1. The summed E-state index contributed by atoms with van der Waals surface area (Å²) in [6, 6.07) is 6.59. The summed E-state index contributed by atoms with van der Waals surface area (Å²) in [5.74, 6) is 0.447. The highest BCUT2D eigenvalue weighted by Gasteiger charge is 2.35. The predicted octanol–water partition coefficient (Wildman–Crippen LogP) is 5.85. The van der Waals surface area contributed by atoms with Gasteiger partial charge in [0.15, 0.2) is 5.71 Å². The first-order valence-electron chi connectivity index (χ1n) is 8.83. The van der Waals surface area contributed by atoms with Crippen molar-refractivity contribution in [3.8, 4) is 5.75 Å². The first kappa shape index (κ1) is 23.9. The molecule has 156 valence electrons. The quantitative estimate of drug-likeness (QED) is 0.338. The van der Waals surface area contributed by atoms with Crippen LogP contribution in [0.1, 0.15) is 20.3 Å². The number of hydrogen-bond donors (Lipinski definition) is 0. The van der Waals surface area contributed by atoms with Gasteiger partial charge in [-0.15, -0.1) is 0 Å². The number of alkyl halides is 3. The van der Waals surface area contributed by atoms with E-state index in [0.29, 0.717) is 29.6 Å². The molecule has 1 aliphatic carbocycles. The molecule has 7 heteroatoms. The van der Waals surface area contributed by atoms with Crippen LogP contribution < -0.4 is 9.75 Å². The number of nitrogens with zero attached hydrogens (tertiary/aromatic N) is 2. The Labute approximate surface area is 169 Å². The molecular formula is C22H25F3N2O2. The Morgan fingerprint density at radius 2 is 1.90 bits per heavy atom. The Kier molecular flexibility index (Phi) is 9.12. The zero-order valence-electron chi connectivity index (χ0n) is 16.7. The van der Waals surface area contributed by atoms with E-state index in [1.165, 1.54) is 19.0 Å². The second kappa shape index (κ2) is 11.0. The molecule has 0 N–H and O–H groups in total. The topological polar surface area (TPSA) is 41.9 Å². The molecule has 0 spiro atoms. The SMILES string of the molecule is C=C/C(=N\N(C(=C)C1C=CC(C)=CC1)c1ccc(OC)cc1)C(F)(F)F.CC=O. The number of rotatable bonds is 6. The summed E-state index contributed by atoms with van der Waals surface area (Å²) in [6.45, 7) is 10.6. The van der Waals surface area contributed by atoms with Crippen molar-refractivity contribution in [2.24, 2.45) is 11.0 Å². The van der Waals surface area contributed by atoms with E-state index in [4.69, 9.17) is 9.53 Å². The summed E-state index contributed by atoms with van der Waals surface area (Å²) in [5.41, 5.74) is 0.925. The van der Waals surface area contributed by atoms with Crippen LogP contribution in [0.15, 0.2) is 78.1 Å². The monoisotopic (exact) mass is 406 g/mol. The van der Waals surface area contributed by atoms with Crippen LogP contribution in [0.4, 0.5) is 18.9 Å².